The second-order valence-corrected chi connectivity index (χ2v) is 11.0. The number of carbonyl (C=O) groups is 2. The van der Waals surface area contributed by atoms with Gasteiger partial charge < -0.3 is 14.3 Å². The van der Waals surface area contributed by atoms with Crippen LogP contribution < -0.4 is 9.47 Å². The van der Waals surface area contributed by atoms with E-state index in [0.717, 1.165) is 55.9 Å². The lowest BCUT2D eigenvalue weighted by atomic mass is 10.00. The minimum absolute atomic E-state index is 0.0539. The fourth-order valence-electron chi connectivity index (χ4n) is 5.40. The van der Waals surface area contributed by atoms with Crippen LogP contribution in [0.15, 0.2) is 84.9 Å². The number of hydrogen-bond acceptors (Lipinski definition) is 5. The summed E-state index contributed by atoms with van der Waals surface area (Å²) in [5, 5.41) is 7.37. The summed E-state index contributed by atoms with van der Waals surface area (Å²) in [6.45, 7) is 8.29. The van der Waals surface area contributed by atoms with E-state index in [4.69, 9.17) is 14.6 Å². The fourth-order valence-corrected chi connectivity index (χ4v) is 5.40. The Kier molecular flexibility index (Phi) is 9.05. The van der Waals surface area contributed by atoms with E-state index in [1.54, 1.807) is 14.0 Å². The lowest BCUT2D eigenvalue weighted by Gasteiger charge is -2.17. The van der Waals surface area contributed by atoms with E-state index in [-0.39, 0.29) is 17.6 Å². The van der Waals surface area contributed by atoms with Crippen LogP contribution in [0.1, 0.15) is 67.6 Å². The van der Waals surface area contributed by atoms with Crippen molar-refractivity contribution in [1.29, 1.82) is 0 Å². The molecule has 4 aromatic carbocycles. The highest BCUT2D eigenvalue weighted by Gasteiger charge is 2.20. The molecule has 1 unspecified atom stereocenters. The van der Waals surface area contributed by atoms with E-state index in [2.05, 4.69) is 61.0 Å². The summed E-state index contributed by atoms with van der Waals surface area (Å²) < 4.78 is 13.5. The zero-order valence-corrected chi connectivity index (χ0v) is 25.5. The number of aryl methyl sites for hydroxylation is 1. The molecule has 220 valence electrons. The van der Waals surface area contributed by atoms with E-state index >= 15 is 0 Å². The Balaban J connectivity index is 1.55. The first-order valence-electron chi connectivity index (χ1n) is 14.8. The van der Waals surface area contributed by atoms with Crippen molar-refractivity contribution in [2.45, 2.75) is 53.0 Å². The van der Waals surface area contributed by atoms with Crippen molar-refractivity contribution in [2.24, 2.45) is 0 Å². The molecule has 6 nitrogen and oxygen atoms in total. The van der Waals surface area contributed by atoms with Gasteiger partial charge in [-0.2, -0.15) is 5.10 Å². The molecular formula is C37H38N2O4. The summed E-state index contributed by atoms with van der Waals surface area (Å²) in [6, 6.07) is 28.4. The molecule has 0 N–H and O–H groups in total. The molecule has 5 rings (SSSR count). The summed E-state index contributed by atoms with van der Waals surface area (Å²) in [5.41, 5.74) is 6.64. The van der Waals surface area contributed by atoms with Crippen molar-refractivity contribution in [1.82, 2.24) is 9.78 Å². The SMILES string of the molecule is CCOc1ccc(C)cc1-c1cc(-c2ccc3cc(OC)ccc3c2)n(C(C)c2ccc(C(=O)CCCC(C)=O)cc2)n1. The maximum Gasteiger partial charge on any atom is 0.162 e. The molecule has 0 spiro atoms. The molecule has 0 aliphatic rings. The van der Waals surface area contributed by atoms with Crippen LogP contribution in [-0.2, 0) is 4.79 Å². The highest BCUT2D eigenvalue weighted by molar-refractivity contribution is 5.96. The predicted molar refractivity (Wildman–Crippen MR) is 172 cm³/mol. The Morgan fingerprint density at radius 3 is 2.35 bits per heavy atom. The lowest BCUT2D eigenvalue weighted by molar-refractivity contribution is -0.117. The summed E-state index contributed by atoms with van der Waals surface area (Å²) >= 11 is 0. The minimum Gasteiger partial charge on any atom is -0.497 e. The van der Waals surface area contributed by atoms with Crippen molar-refractivity contribution in [3.8, 4) is 34.0 Å². The van der Waals surface area contributed by atoms with Crippen LogP contribution in [-0.4, -0.2) is 35.1 Å². The molecule has 6 heteroatoms. The summed E-state index contributed by atoms with van der Waals surface area (Å²) in [6.07, 6.45) is 1.38. The maximum absolute atomic E-state index is 12.7. The number of methoxy groups -OCH3 is 1. The standard InChI is InChI=1S/C37H38N2O4/c1-6-43-37-19-10-24(2)20-33(37)34-23-35(31-16-15-30-22-32(42-5)18-17-29(30)21-31)39(38-34)26(4)27-11-13-28(14-12-27)36(41)9-7-8-25(3)40/h10-23,26H,6-9H2,1-5H3. The third-order valence-corrected chi connectivity index (χ3v) is 7.80. The van der Waals surface area contributed by atoms with Crippen molar-refractivity contribution in [3.05, 3.63) is 102 Å². The first-order chi connectivity index (χ1) is 20.8. The van der Waals surface area contributed by atoms with E-state index < -0.39 is 0 Å². The topological polar surface area (TPSA) is 70.4 Å². The number of ether oxygens (including phenoxy) is 2. The minimum atomic E-state index is -0.113. The average Bonchev–Trinajstić information content (AvgIpc) is 3.46. The lowest BCUT2D eigenvalue weighted by Crippen LogP contribution is -2.11. The largest absolute Gasteiger partial charge is 0.497 e. The van der Waals surface area contributed by atoms with Crippen LogP contribution in [0.3, 0.4) is 0 Å². The van der Waals surface area contributed by atoms with Gasteiger partial charge in [-0.25, -0.2) is 0 Å². The number of fused-ring (bicyclic) bond motifs is 1. The number of rotatable bonds is 12. The summed E-state index contributed by atoms with van der Waals surface area (Å²) in [5.74, 6) is 1.79. The molecule has 1 aromatic heterocycles. The summed E-state index contributed by atoms with van der Waals surface area (Å²) in [4.78, 5) is 24.0. The van der Waals surface area contributed by atoms with Gasteiger partial charge in [0, 0.05) is 29.5 Å². The quantitative estimate of drug-likeness (QED) is 0.140. The molecular weight excluding hydrogens is 536 g/mol. The van der Waals surface area contributed by atoms with Gasteiger partial charge in [-0.3, -0.25) is 9.48 Å². The van der Waals surface area contributed by atoms with Gasteiger partial charge in [-0.15, -0.1) is 0 Å². The number of Topliss-reactive ketones (excluding diaryl/α,β-unsaturated/α-hetero) is 2. The van der Waals surface area contributed by atoms with Gasteiger partial charge in [0.2, 0.25) is 0 Å². The molecule has 1 heterocycles. The van der Waals surface area contributed by atoms with E-state index in [1.165, 1.54) is 0 Å². The normalized spacial score (nSPS) is 11.8. The van der Waals surface area contributed by atoms with Gasteiger partial charge >= 0.3 is 0 Å². The van der Waals surface area contributed by atoms with E-state index in [1.807, 2.05) is 49.4 Å². The Hall–Kier alpha value is -4.71. The number of carbonyl (C=O) groups excluding carboxylic acids is 2. The van der Waals surface area contributed by atoms with Gasteiger partial charge in [0.25, 0.3) is 0 Å². The Bertz CT molecular complexity index is 1770. The van der Waals surface area contributed by atoms with Crippen LogP contribution in [0.25, 0.3) is 33.3 Å². The molecule has 0 aliphatic carbocycles. The van der Waals surface area contributed by atoms with Gasteiger partial charge in [-0.1, -0.05) is 54.1 Å². The highest BCUT2D eigenvalue weighted by atomic mass is 16.5. The van der Waals surface area contributed by atoms with Crippen molar-refractivity contribution in [2.75, 3.05) is 13.7 Å². The van der Waals surface area contributed by atoms with Crippen LogP contribution in [0.4, 0.5) is 0 Å². The van der Waals surface area contributed by atoms with Crippen molar-refractivity contribution >= 4 is 22.3 Å². The molecule has 0 saturated carbocycles. The fraction of sp³-hybridized carbons (Fsp3) is 0.270. The third-order valence-electron chi connectivity index (χ3n) is 7.80. The first-order valence-corrected chi connectivity index (χ1v) is 14.8. The molecule has 0 aliphatic heterocycles. The number of benzene rings is 4. The Labute approximate surface area is 253 Å². The van der Waals surface area contributed by atoms with Crippen LogP contribution in [0.2, 0.25) is 0 Å². The van der Waals surface area contributed by atoms with Gasteiger partial charge in [0.15, 0.2) is 5.78 Å². The van der Waals surface area contributed by atoms with E-state index in [9.17, 15) is 9.59 Å². The van der Waals surface area contributed by atoms with Gasteiger partial charge in [0.05, 0.1) is 31.1 Å². The van der Waals surface area contributed by atoms with E-state index in [0.29, 0.717) is 31.4 Å². The molecule has 0 amide bonds. The molecule has 5 aromatic rings. The Morgan fingerprint density at radius 1 is 0.884 bits per heavy atom. The smallest absolute Gasteiger partial charge is 0.162 e. The second-order valence-electron chi connectivity index (χ2n) is 11.0. The molecule has 0 saturated heterocycles. The third kappa shape index (κ3) is 6.69. The average molecular weight is 575 g/mol. The highest BCUT2D eigenvalue weighted by Crippen LogP contribution is 2.36. The van der Waals surface area contributed by atoms with Gasteiger partial charge in [0.1, 0.15) is 17.3 Å². The van der Waals surface area contributed by atoms with Crippen molar-refractivity contribution < 1.29 is 19.1 Å². The monoisotopic (exact) mass is 574 g/mol. The second kappa shape index (κ2) is 13.1. The number of hydrogen-bond donors (Lipinski definition) is 0. The van der Waals surface area contributed by atoms with Crippen LogP contribution in [0.5, 0.6) is 11.5 Å². The molecule has 1 atom stereocenters. The molecule has 0 fully saturated rings. The first kappa shape index (κ1) is 29.8. The number of nitrogens with zero attached hydrogens (tertiary/aromatic N) is 2. The maximum atomic E-state index is 12.7. The summed E-state index contributed by atoms with van der Waals surface area (Å²) in [7, 11) is 1.68. The Morgan fingerprint density at radius 2 is 1.63 bits per heavy atom. The zero-order chi connectivity index (χ0) is 30.5. The van der Waals surface area contributed by atoms with Gasteiger partial charge in [-0.05, 0) is 86.8 Å². The number of aromatic nitrogens is 2. The van der Waals surface area contributed by atoms with Crippen molar-refractivity contribution in [3.63, 3.8) is 0 Å². The molecule has 43 heavy (non-hydrogen) atoms. The predicted octanol–water partition coefficient (Wildman–Crippen LogP) is 8.64. The molecule has 0 bridgehead atoms. The number of ketones is 2. The van der Waals surface area contributed by atoms with Crippen LogP contribution >= 0.6 is 0 Å². The molecule has 0 radical (unpaired) electrons. The van der Waals surface area contributed by atoms with Crippen LogP contribution in [0, 0.1) is 6.92 Å². The zero-order valence-electron chi connectivity index (χ0n) is 25.5.